The quantitative estimate of drug-likeness (QED) is 0.696. The number of hydrogen-bond donors (Lipinski definition) is 2. The smallest absolute Gasteiger partial charge is 0.0644 e. The second-order valence-corrected chi connectivity index (χ2v) is 5.06. The maximum absolute atomic E-state index is 9.34. The van der Waals surface area contributed by atoms with Crippen LogP contribution in [0.2, 0.25) is 0 Å². The van der Waals surface area contributed by atoms with E-state index >= 15 is 0 Å². The van der Waals surface area contributed by atoms with Crippen molar-refractivity contribution in [3.05, 3.63) is 0 Å². The van der Waals surface area contributed by atoms with Crippen molar-refractivity contribution < 1.29 is 9.84 Å². The van der Waals surface area contributed by atoms with Crippen molar-refractivity contribution in [3.63, 3.8) is 0 Å². The summed E-state index contributed by atoms with van der Waals surface area (Å²) in [7, 11) is 0. The van der Waals surface area contributed by atoms with E-state index in [4.69, 9.17) is 4.74 Å². The topological polar surface area (TPSA) is 32.7 Å². The Hall–Kier alpha value is 0.230. The van der Waals surface area contributed by atoms with Crippen molar-refractivity contribution in [2.24, 2.45) is 5.41 Å². The first-order chi connectivity index (χ1) is 7.71. The van der Waals surface area contributed by atoms with Gasteiger partial charge < -0.3 is 9.84 Å². The summed E-state index contributed by atoms with van der Waals surface area (Å²) < 4.78 is 5.40. The van der Waals surface area contributed by atoms with E-state index in [0.717, 1.165) is 38.3 Å². The molecule has 0 amide bonds. The van der Waals surface area contributed by atoms with Gasteiger partial charge in [0, 0.05) is 13.1 Å². The minimum Gasteiger partial charge on any atom is -0.395 e. The number of aliphatic hydroxyl groups excluding tert-OH is 1. The molecule has 3 nitrogen and oxygen atoms in total. The molecule has 0 saturated carbocycles. The molecule has 1 aliphatic heterocycles. The Labute approximate surface area is 105 Å². The number of hydrogen-bond acceptors (Lipinski definition) is 4. The van der Waals surface area contributed by atoms with Crippen molar-refractivity contribution in [1.29, 1.82) is 0 Å². The maximum atomic E-state index is 9.34. The molecule has 16 heavy (non-hydrogen) atoms. The van der Waals surface area contributed by atoms with Gasteiger partial charge >= 0.3 is 0 Å². The molecule has 0 radical (unpaired) electrons. The van der Waals surface area contributed by atoms with E-state index < -0.39 is 0 Å². The van der Waals surface area contributed by atoms with Crippen LogP contribution < -0.4 is 0 Å². The van der Waals surface area contributed by atoms with Gasteiger partial charge in [-0.2, -0.15) is 12.6 Å². The Bertz CT molecular complexity index is 189. The molecule has 1 atom stereocenters. The Morgan fingerprint density at radius 1 is 1.44 bits per heavy atom. The van der Waals surface area contributed by atoms with E-state index in [2.05, 4.69) is 31.4 Å². The molecule has 1 aliphatic rings. The molecule has 0 aliphatic carbocycles. The summed E-state index contributed by atoms with van der Waals surface area (Å²) in [6, 6.07) is 0.172. The third-order valence-corrected chi connectivity index (χ3v) is 4.60. The fourth-order valence-corrected chi connectivity index (χ4v) is 2.79. The Morgan fingerprint density at radius 2 is 2.12 bits per heavy atom. The first-order valence-corrected chi connectivity index (χ1v) is 6.88. The third-order valence-electron chi connectivity index (χ3n) is 3.93. The number of nitrogens with zero attached hydrogens (tertiary/aromatic N) is 1. The fraction of sp³-hybridized carbons (Fsp3) is 1.00. The Balaban J connectivity index is 2.61. The monoisotopic (exact) mass is 247 g/mol. The van der Waals surface area contributed by atoms with Crippen LogP contribution in [0.1, 0.15) is 26.7 Å². The zero-order valence-electron chi connectivity index (χ0n) is 10.5. The summed E-state index contributed by atoms with van der Waals surface area (Å²) in [6.07, 6.45) is 2.28. The van der Waals surface area contributed by atoms with Gasteiger partial charge in [-0.15, -0.1) is 0 Å². The van der Waals surface area contributed by atoms with Crippen LogP contribution in [-0.2, 0) is 4.74 Å². The summed E-state index contributed by atoms with van der Waals surface area (Å²) in [5.41, 5.74) is 0.286. The lowest BCUT2D eigenvalue weighted by Gasteiger charge is -2.41. The molecule has 96 valence electrons. The lowest BCUT2D eigenvalue weighted by Crippen LogP contribution is -2.52. The zero-order chi connectivity index (χ0) is 12.0. The largest absolute Gasteiger partial charge is 0.395 e. The van der Waals surface area contributed by atoms with Crippen LogP contribution in [0, 0.1) is 5.41 Å². The average molecular weight is 247 g/mol. The molecule has 1 saturated heterocycles. The molecule has 1 rings (SSSR count). The van der Waals surface area contributed by atoms with E-state index in [0.29, 0.717) is 6.61 Å². The highest BCUT2D eigenvalue weighted by Gasteiger charge is 2.31. The molecule has 0 aromatic rings. The maximum Gasteiger partial charge on any atom is 0.0644 e. The van der Waals surface area contributed by atoms with Gasteiger partial charge in [0.15, 0.2) is 0 Å². The number of morpholine rings is 1. The molecular formula is C12H25NO2S. The van der Waals surface area contributed by atoms with Gasteiger partial charge in [0.1, 0.15) is 0 Å². The Kier molecular flexibility index (Phi) is 6.11. The van der Waals surface area contributed by atoms with Crippen LogP contribution in [0.4, 0.5) is 0 Å². The number of thiol groups is 1. The predicted molar refractivity (Wildman–Crippen MR) is 70.1 cm³/mol. The Morgan fingerprint density at radius 3 is 2.62 bits per heavy atom. The molecule has 1 heterocycles. The lowest BCUT2D eigenvalue weighted by atomic mass is 9.83. The van der Waals surface area contributed by atoms with E-state index in [1.807, 2.05) is 0 Å². The molecule has 1 N–H and O–H groups in total. The molecule has 0 bridgehead atoms. The molecule has 1 fully saturated rings. The minimum atomic E-state index is 0.172. The van der Waals surface area contributed by atoms with E-state index in [9.17, 15) is 5.11 Å². The van der Waals surface area contributed by atoms with Crippen molar-refractivity contribution in [1.82, 2.24) is 4.90 Å². The van der Waals surface area contributed by atoms with Gasteiger partial charge in [0.2, 0.25) is 0 Å². The standard InChI is InChI=1S/C12H25NO2S/c1-3-12(4-2,10-16)9-13-5-6-15-8-11(13)7-14/h11,14,16H,3-10H2,1-2H3. The van der Waals surface area contributed by atoms with E-state index in [1.54, 1.807) is 0 Å². The molecular weight excluding hydrogens is 222 g/mol. The number of rotatable bonds is 6. The van der Waals surface area contributed by atoms with Crippen LogP contribution >= 0.6 is 12.6 Å². The predicted octanol–water partition coefficient (Wildman–Crippen LogP) is 1.42. The van der Waals surface area contributed by atoms with Crippen molar-refractivity contribution in [2.75, 3.05) is 38.7 Å². The van der Waals surface area contributed by atoms with Crippen LogP contribution in [-0.4, -0.2) is 54.7 Å². The van der Waals surface area contributed by atoms with Crippen molar-refractivity contribution in [2.45, 2.75) is 32.7 Å². The second kappa shape index (κ2) is 6.84. The molecule has 0 spiro atoms. The van der Waals surface area contributed by atoms with E-state index in [1.165, 1.54) is 0 Å². The van der Waals surface area contributed by atoms with Gasteiger partial charge in [-0.3, -0.25) is 4.90 Å². The van der Waals surface area contributed by atoms with Crippen LogP contribution in [0.3, 0.4) is 0 Å². The first kappa shape index (κ1) is 14.3. The highest BCUT2D eigenvalue weighted by atomic mass is 32.1. The normalized spacial score (nSPS) is 23.6. The van der Waals surface area contributed by atoms with Gasteiger partial charge in [0.25, 0.3) is 0 Å². The SMILES string of the molecule is CCC(CC)(CS)CN1CCOCC1CO. The molecule has 0 aromatic carbocycles. The molecule has 0 aromatic heterocycles. The summed E-state index contributed by atoms with van der Waals surface area (Å²) in [6.45, 7) is 8.05. The highest BCUT2D eigenvalue weighted by Crippen LogP contribution is 2.30. The summed E-state index contributed by atoms with van der Waals surface area (Å²) in [5, 5.41) is 9.34. The minimum absolute atomic E-state index is 0.172. The number of ether oxygens (including phenoxy) is 1. The summed E-state index contributed by atoms with van der Waals surface area (Å²) >= 11 is 4.50. The summed E-state index contributed by atoms with van der Waals surface area (Å²) in [4.78, 5) is 2.37. The van der Waals surface area contributed by atoms with Gasteiger partial charge in [-0.1, -0.05) is 13.8 Å². The van der Waals surface area contributed by atoms with Crippen LogP contribution in [0.5, 0.6) is 0 Å². The first-order valence-electron chi connectivity index (χ1n) is 6.25. The average Bonchev–Trinajstić information content (AvgIpc) is 2.36. The number of aliphatic hydroxyl groups is 1. The zero-order valence-corrected chi connectivity index (χ0v) is 11.4. The van der Waals surface area contributed by atoms with Crippen LogP contribution in [0.25, 0.3) is 0 Å². The van der Waals surface area contributed by atoms with Crippen LogP contribution in [0.15, 0.2) is 0 Å². The highest BCUT2D eigenvalue weighted by molar-refractivity contribution is 7.80. The second-order valence-electron chi connectivity index (χ2n) is 4.75. The van der Waals surface area contributed by atoms with Crippen molar-refractivity contribution in [3.8, 4) is 0 Å². The van der Waals surface area contributed by atoms with Gasteiger partial charge in [-0.05, 0) is 24.0 Å². The van der Waals surface area contributed by atoms with E-state index in [-0.39, 0.29) is 18.1 Å². The third kappa shape index (κ3) is 3.36. The lowest BCUT2D eigenvalue weighted by molar-refractivity contribution is -0.0430. The molecule has 1 unspecified atom stereocenters. The summed E-state index contributed by atoms with van der Waals surface area (Å²) in [5.74, 6) is 0.912. The van der Waals surface area contributed by atoms with Gasteiger partial charge in [-0.25, -0.2) is 0 Å². The fourth-order valence-electron chi connectivity index (χ4n) is 2.24. The molecule has 4 heteroatoms. The van der Waals surface area contributed by atoms with Gasteiger partial charge in [0.05, 0.1) is 25.9 Å². The van der Waals surface area contributed by atoms with Crippen molar-refractivity contribution >= 4 is 12.6 Å².